The van der Waals surface area contributed by atoms with Gasteiger partial charge in [-0.1, -0.05) is 0 Å². The quantitative estimate of drug-likeness (QED) is 0.664. The SMILES string of the molecule is Cn1cnc(S(=O)(=O)N2C[C@@H](Nc3ccc(F)c(F)c3)[C@H](c3ncccc3F)C2)c1. The van der Waals surface area contributed by atoms with E-state index in [4.69, 9.17) is 0 Å². The summed E-state index contributed by atoms with van der Waals surface area (Å²) in [6.45, 7) is -0.0766. The molecule has 0 radical (unpaired) electrons. The first-order valence-corrected chi connectivity index (χ1v) is 10.5. The molecule has 0 saturated carbocycles. The van der Waals surface area contributed by atoms with Crippen molar-refractivity contribution in [3.8, 4) is 0 Å². The molecule has 1 saturated heterocycles. The van der Waals surface area contributed by atoms with Crippen LogP contribution in [0.4, 0.5) is 18.9 Å². The summed E-state index contributed by atoms with van der Waals surface area (Å²) in [4.78, 5) is 8.00. The summed E-state index contributed by atoms with van der Waals surface area (Å²) in [6.07, 6.45) is 4.17. The summed E-state index contributed by atoms with van der Waals surface area (Å²) in [5.41, 5.74) is 0.341. The molecule has 30 heavy (non-hydrogen) atoms. The van der Waals surface area contributed by atoms with Crippen LogP contribution in [0.25, 0.3) is 0 Å². The van der Waals surface area contributed by atoms with Crippen LogP contribution in [0.3, 0.4) is 0 Å². The molecule has 0 aliphatic carbocycles. The fourth-order valence-electron chi connectivity index (χ4n) is 3.51. The van der Waals surface area contributed by atoms with E-state index in [0.717, 1.165) is 12.1 Å². The van der Waals surface area contributed by atoms with Gasteiger partial charge in [-0.15, -0.1) is 0 Å². The van der Waals surface area contributed by atoms with Gasteiger partial charge in [0.1, 0.15) is 5.82 Å². The fraction of sp³-hybridized carbons (Fsp3) is 0.263. The number of sulfonamides is 1. The summed E-state index contributed by atoms with van der Waals surface area (Å²) >= 11 is 0. The molecule has 7 nitrogen and oxygen atoms in total. The first-order valence-electron chi connectivity index (χ1n) is 9.06. The van der Waals surface area contributed by atoms with Crippen LogP contribution in [0.15, 0.2) is 54.1 Å². The summed E-state index contributed by atoms with van der Waals surface area (Å²) < 4.78 is 70.0. The third kappa shape index (κ3) is 3.77. The normalized spacial score (nSPS) is 19.9. The number of nitrogens with one attached hydrogen (secondary N) is 1. The average molecular weight is 437 g/mol. The first-order chi connectivity index (χ1) is 14.3. The molecule has 0 unspecified atom stereocenters. The van der Waals surface area contributed by atoms with E-state index in [1.165, 1.54) is 45.8 Å². The highest BCUT2D eigenvalue weighted by Gasteiger charge is 2.42. The minimum Gasteiger partial charge on any atom is -0.380 e. The van der Waals surface area contributed by atoms with Crippen LogP contribution < -0.4 is 5.32 Å². The van der Waals surface area contributed by atoms with Gasteiger partial charge in [-0.25, -0.2) is 26.6 Å². The Labute approximate surface area is 171 Å². The van der Waals surface area contributed by atoms with Crippen molar-refractivity contribution in [3.63, 3.8) is 0 Å². The van der Waals surface area contributed by atoms with Gasteiger partial charge in [-0.2, -0.15) is 4.31 Å². The van der Waals surface area contributed by atoms with Crippen molar-refractivity contribution in [1.82, 2.24) is 18.8 Å². The van der Waals surface area contributed by atoms with E-state index < -0.39 is 39.4 Å². The number of anilines is 1. The molecule has 2 atom stereocenters. The minimum atomic E-state index is -3.93. The molecule has 1 aliphatic heterocycles. The number of rotatable bonds is 5. The number of aryl methyl sites for hydroxylation is 1. The largest absolute Gasteiger partial charge is 0.380 e. The lowest BCUT2D eigenvalue weighted by molar-refractivity contribution is 0.466. The van der Waals surface area contributed by atoms with Gasteiger partial charge in [0, 0.05) is 56.2 Å². The maximum absolute atomic E-state index is 14.4. The molecule has 2 aromatic heterocycles. The Hall–Kier alpha value is -2.92. The van der Waals surface area contributed by atoms with Gasteiger partial charge in [0.05, 0.1) is 12.0 Å². The maximum atomic E-state index is 14.4. The first kappa shape index (κ1) is 20.4. The number of hydrogen-bond acceptors (Lipinski definition) is 5. The average Bonchev–Trinajstić information content (AvgIpc) is 3.32. The lowest BCUT2D eigenvalue weighted by Gasteiger charge is -2.21. The number of nitrogens with zero attached hydrogens (tertiary/aromatic N) is 4. The highest BCUT2D eigenvalue weighted by molar-refractivity contribution is 7.89. The van der Waals surface area contributed by atoms with Crippen molar-refractivity contribution < 1.29 is 21.6 Å². The van der Waals surface area contributed by atoms with Crippen molar-refractivity contribution in [1.29, 1.82) is 0 Å². The lowest BCUT2D eigenvalue weighted by Crippen LogP contribution is -2.32. The smallest absolute Gasteiger partial charge is 0.262 e. The van der Waals surface area contributed by atoms with E-state index in [1.54, 1.807) is 7.05 Å². The minimum absolute atomic E-state index is 0.0292. The highest BCUT2D eigenvalue weighted by Crippen LogP contribution is 2.33. The van der Waals surface area contributed by atoms with Gasteiger partial charge in [0.25, 0.3) is 10.0 Å². The predicted molar refractivity (Wildman–Crippen MR) is 103 cm³/mol. The number of imidazole rings is 1. The number of aromatic nitrogens is 3. The molecule has 1 fully saturated rings. The molecule has 1 aromatic carbocycles. The van der Waals surface area contributed by atoms with E-state index in [1.807, 2.05) is 0 Å². The van der Waals surface area contributed by atoms with Crippen LogP contribution in [0.1, 0.15) is 11.6 Å². The van der Waals surface area contributed by atoms with Gasteiger partial charge in [-0.3, -0.25) is 4.98 Å². The van der Waals surface area contributed by atoms with Gasteiger partial charge in [0.15, 0.2) is 16.7 Å². The Balaban J connectivity index is 1.68. The van der Waals surface area contributed by atoms with E-state index in [-0.39, 0.29) is 29.5 Å². The summed E-state index contributed by atoms with van der Waals surface area (Å²) in [5, 5.41) is 2.87. The van der Waals surface area contributed by atoms with E-state index in [0.29, 0.717) is 0 Å². The van der Waals surface area contributed by atoms with Crippen LogP contribution in [0, 0.1) is 17.5 Å². The molecule has 1 N–H and O–H groups in total. The number of pyridine rings is 1. The Kier molecular flexibility index (Phi) is 5.24. The molecule has 3 aromatic rings. The Morgan fingerprint density at radius 2 is 1.87 bits per heavy atom. The molecular weight excluding hydrogens is 419 g/mol. The molecule has 1 aliphatic rings. The molecule has 11 heteroatoms. The third-order valence-electron chi connectivity index (χ3n) is 4.98. The summed E-state index contributed by atoms with van der Waals surface area (Å²) in [6, 6.07) is 5.32. The van der Waals surface area contributed by atoms with Gasteiger partial charge in [0.2, 0.25) is 0 Å². The standard InChI is InChI=1S/C19H18F3N5O2S/c1-26-10-18(24-11-26)30(28,29)27-8-13(19-15(21)3-2-6-23-19)17(9-27)25-12-4-5-14(20)16(22)7-12/h2-7,10-11,13,17,25H,8-9H2,1H3/t13-,17-/m1/s1. The van der Waals surface area contributed by atoms with Crippen LogP contribution >= 0.6 is 0 Å². The molecule has 0 amide bonds. The zero-order chi connectivity index (χ0) is 21.5. The number of halogens is 3. The van der Waals surface area contributed by atoms with Crippen molar-refractivity contribution in [3.05, 3.63) is 72.2 Å². The van der Waals surface area contributed by atoms with Crippen molar-refractivity contribution in [2.45, 2.75) is 17.0 Å². The maximum Gasteiger partial charge on any atom is 0.262 e. The molecule has 0 spiro atoms. The van der Waals surface area contributed by atoms with Gasteiger partial charge in [-0.05, 0) is 24.3 Å². The second-order valence-electron chi connectivity index (χ2n) is 7.06. The van der Waals surface area contributed by atoms with Crippen LogP contribution in [-0.4, -0.2) is 46.4 Å². The zero-order valence-electron chi connectivity index (χ0n) is 15.8. The van der Waals surface area contributed by atoms with Crippen LogP contribution in [0.5, 0.6) is 0 Å². The monoisotopic (exact) mass is 437 g/mol. The molecule has 4 rings (SSSR count). The molecule has 3 heterocycles. The highest BCUT2D eigenvalue weighted by atomic mass is 32.2. The summed E-state index contributed by atoms with van der Waals surface area (Å²) in [5.74, 6) is -3.27. The van der Waals surface area contributed by atoms with Crippen molar-refractivity contribution >= 4 is 15.7 Å². The topological polar surface area (TPSA) is 80.1 Å². The number of benzene rings is 1. The third-order valence-corrected chi connectivity index (χ3v) is 6.70. The Morgan fingerprint density at radius 1 is 1.07 bits per heavy atom. The van der Waals surface area contributed by atoms with Crippen molar-refractivity contribution in [2.24, 2.45) is 7.05 Å². The second-order valence-corrected chi connectivity index (χ2v) is 8.94. The Morgan fingerprint density at radius 3 is 2.53 bits per heavy atom. The molecule has 158 valence electrons. The zero-order valence-corrected chi connectivity index (χ0v) is 16.7. The Bertz CT molecular complexity index is 1180. The van der Waals surface area contributed by atoms with E-state index in [2.05, 4.69) is 15.3 Å². The summed E-state index contributed by atoms with van der Waals surface area (Å²) in [7, 11) is -2.29. The molecule has 0 bridgehead atoms. The van der Waals surface area contributed by atoms with Gasteiger partial charge < -0.3 is 9.88 Å². The van der Waals surface area contributed by atoms with Crippen molar-refractivity contribution in [2.75, 3.05) is 18.4 Å². The fourth-order valence-corrected chi connectivity index (χ4v) is 4.97. The molecular formula is C19H18F3N5O2S. The van der Waals surface area contributed by atoms with E-state index >= 15 is 0 Å². The lowest BCUT2D eigenvalue weighted by atomic mass is 9.98. The van der Waals surface area contributed by atoms with Gasteiger partial charge >= 0.3 is 0 Å². The number of hydrogen-bond donors (Lipinski definition) is 1. The van der Waals surface area contributed by atoms with E-state index in [9.17, 15) is 21.6 Å². The van der Waals surface area contributed by atoms with Crippen LogP contribution in [-0.2, 0) is 17.1 Å². The predicted octanol–water partition coefficient (Wildman–Crippen LogP) is 2.50. The second kappa shape index (κ2) is 7.73. The van der Waals surface area contributed by atoms with Crippen LogP contribution in [0.2, 0.25) is 0 Å².